The van der Waals surface area contributed by atoms with Crippen molar-refractivity contribution in [3.8, 4) is 6.07 Å². The van der Waals surface area contributed by atoms with E-state index >= 15 is 4.39 Å². The topological polar surface area (TPSA) is 83.0 Å². The van der Waals surface area contributed by atoms with E-state index in [0.29, 0.717) is 39.9 Å². The Labute approximate surface area is 213 Å². The third-order valence-electron chi connectivity index (χ3n) is 7.42. The maximum atomic E-state index is 15.5. The van der Waals surface area contributed by atoms with Crippen molar-refractivity contribution in [1.29, 1.82) is 5.26 Å². The van der Waals surface area contributed by atoms with Crippen LogP contribution in [0.2, 0.25) is 0 Å². The number of benzene rings is 1. The van der Waals surface area contributed by atoms with Gasteiger partial charge in [-0.25, -0.2) is 9.37 Å². The number of piperazine rings is 1. The highest BCUT2D eigenvalue weighted by molar-refractivity contribution is 7.18. The smallest absolute Gasteiger partial charge is 0.252 e. The molecule has 0 radical (unpaired) electrons. The van der Waals surface area contributed by atoms with E-state index < -0.39 is 0 Å². The first-order valence-electron chi connectivity index (χ1n) is 12.3. The predicted octanol–water partition coefficient (Wildman–Crippen LogP) is 4.37. The van der Waals surface area contributed by atoms with Gasteiger partial charge in [-0.1, -0.05) is 13.0 Å². The van der Waals surface area contributed by atoms with E-state index in [2.05, 4.69) is 46.7 Å². The summed E-state index contributed by atoms with van der Waals surface area (Å²) in [5.74, 6) is -0.174. The molecule has 1 unspecified atom stereocenters. The summed E-state index contributed by atoms with van der Waals surface area (Å²) >= 11 is 1.40. The Balaban J connectivity index is 1.50. The quantitative estimate of drug-likeness (QED) is 0.399. The molecule has 3 atom stereocenters. The first-order valence-corrected chi connectivity index (χ1v) is 13.1. The molecule has 0 bridgehead atoms. The number of rotatable bonds is 5. The van der Waals surface area contributed by atoms with Gasteiger partial charge in [-0.05, 0) is 33.3 Å². The van der Waals surface area contributed by atoms with Crippen molar-refractivity contribution in [1.82, 2.24) is 24.2 Å². The maximum absolute atomic E-state index is 15.5. The first-order chi connectivity index (χ1) is 17.2. The van der Waals surface area contributed by atoms with E-state index in [1.54, 1.807) is 28.6 Å². The summed E-state index contributed by atoms with van der Waals surface area (Å²) in [6, 6.07) is 7.68. The second-order valence-electron chi connectivity index (χ2n) is 9.63. The monoisotopic (exact) mass is 507 g/mol. The van der Waals surface area contributed by atoms with Crippen molar-refractivity contribution in [2.45, 2.75) is 58.8 Å². The first kappa shape index (κ1) is 24.4. The van der Waals surface area contributed by atoms with E-state index in [4.69, 9.17) is 5.26 Å². The van der Waals surface area contributed by atoms with Crippen LogP contribution in [0, 0.1) is 24.1 Å². The molecule has 0 amide bonds. The van der Waals surface area contributed by atoms with Crippen LogP contribution in [0.4, 0.5) is 10.1 Å². The van der Waals surface area contributed by atoms with Gasteiger partial charge in [0.1, 0.15) is 17.9 Å². The summed E-state index contributed by atoms with van der Waals surface area (Å²) in [4.78, 5) is 21.9. The number of aryl methyl sites for hydroxylation is 2. The highest BCUT2D eigenvalue weighted by Gasteiger charge is 2.36. The number of hydrogen-bond donors (Lipinski definition) is 0. The van der Waals surface area contributed by atoms with Gasteiger partial charge in [-0.2, -0.15) is 10.4 Å². The second-order valence-corrected chi connectivity index (χ2v) is 10.8. The number of hydrogen-bond acceptors (Lipinski definition) is 7. The molecule has 3 aromatic heterocycles. The van der Waals surface area contributed by atoms with Crippen molar-refractivity contribution in [3.05, 3.63) is 51.1 Å². The SMILES string of the molecule is CC[C@@H]1CN(c2cc(=O)n(C)c3cn(CC#N)nc23)[C@@H](C)CN1C(C)c1ccc2nc(C)sc2c1F. The van der Waals surface area contributed by atoms with Crippen LogP contribution in [0.1, 0.15) is 43.8 Å². The lowest BCUT2D eigenvalue weighted by molar-refractivity contribution is 0.104. The standard InChI is InChI=1S/C26H30FN7OS/c1-6-18-13-33(21-11-23(35)31(5)22-14-32(10-9-28)30-25(21)22)15(2)12-34(18)16(3)19-7-8-20-26(24(19)27)36-17(4)29-20/h7-8,11,14-16,18H,6,10,12-13H2,1-5H3/t15-,16?,18+/m0/s1. The molecule has 5 rings (SSSR count). The largest absolute Gasteiger partial charge is 0.364 e. The zero-order chi connectivity index (χ0) is 25.7. The number of fused-ring (bicyclic) bond motifs is 2. The number of anilines is 1. The van der Waals surface area contributed by atoms with E-state index in [0.717, 1.165) is 17.1 Å². The van der Waals surface area contributed by atoms with Crippen LogP contribution >= 0.6 is 11.3 Å². The minimum atomic E-state index is -0.174. The van der Waals surface area contributed by atoms with E-state index in [-0.39, 0.29) is 36.0 Å². The molecule has 0 saturated carbocycles. The molecule has 8 nitrogen and oxygen atoms in total. The lowest BCUT2D eigenvalue weighted by atomic mass is 9.97. The summed E-state index contributed by atoms with van der Waals surface area (Å²) in [6.07, 6.45) is 2.64. The minimum absolute atomic E-state index is 0.0733. The zero-order valence-corrected chi connectivity index (χ0v) is 22.0. The van der Waals surface area contributed by atoms with Gasteiger partial charge in [0.05, 0.1) is 38.7 Å². The lowest BCUT2D eigenvalue weighted by Gasteiger charge is -2.48. The van der Waals surface area contributed by atoms with Crippen molar-refractivity contribution in [2.75, 3.05) is 18.0 Å². The van der Waals surface area contributed by atoms with Gasteiger partial charge >= 0.3 is 0 Å². The normalized spacial score (nSPS) is 19.8. The molecule has 1 fully saturated rings. The summed E-state index contributed by atoms with van der Waals surface area (Å²) in [6.45, 7) is 9.78. The molecule has 10 heteroatoms. The molecule has 1 aromatic carbocycles. The number of nitriles is 1. The Bertz CT molecular complexity index is 1550. The molecule has 4 heterocycles. The minimum Gasteiger partial charge on any atom is -0.364 e. The van der Waals surface area contributed by atoms with Crippen molar-refractivity contribution in [2.24, 2.45) is 7.05 Å². The van der Waals surface area contributed by atoms with Gasteiger partial charge in [-0.15, -0.1) is 11.3 Å². The van der Waals surface area contributed by atoms with Gasteiger partial charge in [0.2, 0.25) is 0 Å². The lowest BCUT2D eigenvalue weighted by Crippen LogP contribution is -2.58. The van der Waals surface area contributed by atoms with Crippen LogP contribution in [0.5, 0.6) is 0 Å². The van der Waals surface area contributed by atoms with Crippen molar-refractivity contribution >= 4 is 38.3 Å². The summed E-state index contributed by atoms with van der Waals surface area (Å²) < 4.78 is 19.3. The number of nitrogens with zero attached hydrogens (tertiary/aromatic N) is 7. The second kappa shape index (κ2) is 9.30. The molecule has 0 N–H and O–H groups in total. The summed E-state index contributed by atoms with van der Waals surface area (Å²) in [5.41, 5.74) is 3.50. The average molecular weight is 508 g/mol. The van der Waals surface area contributed by atoms with Gasteiger partial charge in [0, 0.05) is 49.9 Å². The van der Waals surface area contributed by atoms with Gasteiger partial charge in [0.25, 0.3) is 5.56 Å². The molecule has 1 aliphatic rings. The fourth-order valence-electron chi connectivity index (χ4n) is 5.44. The molecule has 0 spiro atoms. The Hall–Kier alpha value is -3.29. The highest BCUT2D eigenvalue weighted by atomic mass is 32.1. The van der Waals surface area contributed by atoms with Gasteiger partial charge in [0.15, 0.2) is 0 Å². The summed E-state index contributed by atoms with van der Waals surface area (Å²) in [7, 11) is 1.72. The van der Waals surface area contributed by atoms with E-state index in [1.807, 2.05) is 19.1 Å². The molecule has 0 aliphatic carbocycles. The van der Waals surface area contributed by atoms with Crippen molar-refractivity contribution < 1.29 is 4.39 Å². The molecule has 1 saturated heterocycles. The van der Waals surface area contributed by atoms with Crippen LogP contribution in [-0.2, 0) is 13.6 Å². The van der Waals surface area contributed by atoms with Crippen LogP contribution in [-0.4, -0.2) is 49.4 Å². The molecular formula is C26H30FN7OS. The van der Waals surface area contributed by atoms with Crippen molar-refractivity contribution in [3.63, 3.8) is 0 Å². The highest BCUT2D eigenvalue weighted by Crippen LogP contribution is 2.36. The van der Waals surface area contributed by atoms with Crippen LogP contribution in [0.25, 0.3) is 21.3 Å². The van der Waals surface area contributed by atoms with E-state index in [9.17, 15) is 4.79 Å². The number of pyridine rings is 1. The molecule has 1 aliphatic heterocycles. The fourth-order valence-corrected chi connectivity index (χ4v) is 6.30. The molecule has 36 heavy (non-hydrogen) atoms. The molecule has 188 valence electrons. The Morgan fingerprint density at radius 1 is 1.33 bits per heavy atom. The number of thiazole rings is 1. The van der Waals surface area contributed by atoms with Crippen LogP contribution in [0.3, 0.4) is 0 Å². The fraction of sp³-hybridized carbons (Fsp3) is 0.462. The number of halogens is 1. The van der Waals surface area contributed by atoms with Gasteiger partial charge < -0.3 is 9.47 Å². The Kier molecular flexibility index (Phi) is 6.30. The third kappa shape index (κ3) is 3.96. The average Bonchev–Trinajstić information content (AvgIpc) is 3.45. The van der Waals surface area contributed by atoms with Crippen LogP contribution in [0.15, 0.2) is 29.2 Å². The Morgan fingerprint density at radius 3 is 2.83 bits per heavy atom. The van der Waals surface area contributed by atoms with Crippen LogP contribution < -0.4 is 10.5 Å². The van der Waals surface area contributed by atoms with E-state index in [1.165, 1.54) is 11.3 Å². The number of aromatic nitrogens is 4. The molecule has 4 aromatic rings. The maximum Gasteiger partial charge on any atom is 0.252 e. The summed E-state index contributed by atoms with van der Waals surface area (Å²) in [5, 5.41) is 14.6. The Morgan fingerprint density at radius 2 is 2.11 bits per heavy atom. The molecular weight excluding hydrogens is 477 g/mol. The predicted molar refractivity (Wildman–Crippen MR) is 141 cm³/mol. The third-order valence-corrected chi connectivity index (χ3v) is 8.39. The van der Waals surface area contributed by atoms with Gasteiger partial charge in [-0.3, -0.25) is 14.4 Å². The zero-order valence-electron chi connectivity index (χ0n) is 21.2.